The number of carboxylic acids is 1. The third-order valence-corrected chi connectivity index (χ3v) is 4.14. The van der Waals surface area contributed by atoms with Gasteiger partial charge in [0.15, 0.2) is 0 Å². The first kappa shape index (κ1) is 17.1. The van der Waals surface area contributed by atoms with Gasteiger partial charge >= 0.3 is 11.9 Å². The van der Waals surface area contributed by atoms with Gasteiger partial charge in [-0.15, -0.1) is 0 Å². The van der Waals surface area contributed by atoms with Crippen molar-refractivity contribution in [3.05, 3.63) is 29.6 Å². The SMILES string of the molecule is COC(=O)Cc1ccc(S(=O)(=O)N[C@H](C)C(=O)O)cc1F. The molecule has 0 unspecified atom stereocenters. The highest BCUT2D eigenvalue weighted by atomic mass is 32.2. The van der Waals surface area contributed by atoms with Gasteiger partial charge in [-0.3, -0.25) is 9.59 Å². The maximum Gasteiger partial charge on any atom is 0.321 e. The summed E-state index contributed by atoms with van der Waals surface area (Å²) < 4.78 is 43.7. The molecule has 9 heteroatoms. The zero-order chi connectivity index (χ0) is 16.2. The first-order chi connectivity index (χ1) is 9.67. The Morgan fingerprint density at radius 3 is 2.52 bits per heavy atom. The van der Waals surface area contributed by atoms with Crippen LogP contribution in [0.2, 0.25) is 0 Å². The van der Waals surface area contributed by atoms with E-state index in [4.69, 9.17) is 5.11 Å². The molecule has 0 aliphatic rings. The number of carbonyl (C=O) groups is 2. The predicted molar refractivity (Wildman–Crippen MR) is 69.5 cm³/mol. The Hall–Kier alpha value is -2.00. The molecule has 7 nitrogen and oxygen atoms in total. The van der Waals surface area contributed by atoms with Crippen LogP contribution in [0.4, 0.5) is 4.39 Å². The lowest BCUT2D eigenvalue weighted by Gasteiger charge is -2.11. The molecule has 0 aromatic heterocycles. The largest absolute Gasteiger partial charge is 0.480 e. The third kappa shape index (κ3) is 4.50. The van der Waals surface area contributed by atoms with Gasteiger partial charge in [-0.2, -0.15) is 4.72 Å². The number of methoxy groups -OCH3 is 1. The van der Waals surface area contributed by atoms with E-state index < -0.39 is 38.7 Å². The second kappa shape index (κ2) is 6.64. The monoisotopic (exact) mass is 319 g/mol. The fourth-order valence-corrected chi connectivity index (χ4v) is 2.63. The number of rotatable bonds is 6. The Morgan fingerprint density at radius 1 is 1.43 bits per heavy atom. The molecule has 0 radical (unpaired) electrons. The van der Waals surface area contributed by atoms with Crippen LogP contribution in [-0.2, 0) is 30.8 Å². The van der Waals surface area contributed by atoms with E-state index in [1.807, 2.05) is 4.72 Å². The van der Waals surface area contributed by atoms with Crippen molar-refractivity contribution in [2.24, 2.45) is 0 Å². The van der Waals surface area contributed by atoms with Gasteiger partial charge in [-0.1, -0.05) is 6.07 Å². The van der Waals surface area contributed by atoms with E-state index in [-0.39, 0.29) is 12.0 Å². The average Bonchev–Trinajstić information content (AvgIpc) is 2.40. The van der Waals surface area contributed by atoms with Crippen molar-refractivity contribution in [3.63, 3.8) is 0 Å². The fraction of sp³-hybridized carbons (Fsp3) is 0.333. The normalized spacial score (nSPS) is 12.7. The molecule has 0 aliphatic heterocycles. The number of nitrogens with one attached hydrogen (secondary N) is 1. The average molecular weight is 319 g/mol. The highest BCUT2D eigenvalue weighted by Gasteiger charge is 2.22. The number of sulfonamides is 1. The zero-order valence-electron chi connectivity index (χ0n) is 11.3. The van der Waals surface area contributed by atoms with Crippen molar-refractivity contribution in [1.82, 2.24) is 4.72 Å². The van der Waals surface area contributed by atoms with E-state index in [1.54, 1.807) is 0 Å². The molecule has 116 valence electrons. The van der Waals surface area contributed by atoms with Gasteiger partial charge in [0.2, 0.25) is 10.0 Å². The zero-order valence-corrected chi connectivity index (χ0v) is 12.1. The number of hydrogen-bond acceptors (Lipinski definition) is 5. The molecular formula is C12H14FNO6S. The quantitative estimate of drug-likeness (QED) is 0.729. The Morgan fingerprint density at radius 2 is 2.05 bits per heavy atom. The summed E-state index contributed by atoms with van der Waals surface area (Å²) in [5, 5.41) is 8.66. The molecule has 2 N–H and O–H groups in total. The van der Waals surface area contributed by atoms with Crippen molar-refractivity contribution in [2.75, 3.05) is 7.11 Å². The van der Waals surface area contributed by atoms with E-state index in [2.05, 4.69) is 4.74 Å². The van der Waals surface area contributed by atoms with Crippen LogP contribution in [0, 0.1) is 5.82 Å². The molecule has 0 fully saturated rings. The summed E-state index contributed by atoms with van der Waals surface area (Å²) in [6.45, 7) is 1.14. The molecule has 0 saturated heterocycles. The predicted octanol–water partition coefficient (Wildman–Crippen LogP) is 0.293. The standard InChI is InChI=1S/C12H14FNO6S/c1-7(12(16)17)14-21(18,19)9-4-3-8(10(13)6-9)5-11(15)20-2/h3-4,6-7,14H,5H2,1-2H3,(H,16,17)/t7-/m1/s1. The van der Waals surface area contributed by atoms with Gasteiger partial charge in [0.1, 0.15) is 11.9 Å². The minimum Gasteiger partial charge on any atom is -0.480 e. The molecule has 0 heterocycles. The van der Waals surface area contributed by atoms with Crippen LogP contribution < -0.4 is 4.72 Å². The Bertz CT molecular complexity index is 658. The topological polar surface area (TPSA) is 110 Å². The molecule has 0 aliphatic carbocycles. The highest BCUT2D eigenvalue weighted by Crippen LogP contribution is 2.16. The number of aliphatic carboxylic acids is 1. The molecule has 1 aromatic rings. The number of hydrogen-bond donors (Lipinski definition) is 2. The van der Waals surface area contributed by atoms with Gasteiger partial charge in [-0.25, -0.2) is 12.8 Å². The first-order valence-corrected chi connectivity index (χ1v) is 7.26. The second-order valence-electron chi connectivity index (χ2n) is 4.19. The van der Waals surface area contributed by atoms with Crippen molar-refractivity contribution in [3.8, 4) is 0 Å². The molecular weight excluding hydrogens is 305 g/mol. The maximum absolute atomic E-state index is 13.8. The van der Waals surface area contributed by atoms with Crippen molar-refractivity contribution < 1.29 is 32.2 Å². The van der Waals surface area contributed by atoms with Crippen LogP contribution >= 0.6 is 0 Å². The first-order valence-electron chi connectivity index (χ1n) is 5.77. The van der Waals surface area contributed by atoms with Crippen molar-refractivity contribution in [2.45, 2.75) is 24.3 Å². The summed E-state index contributed by atoms with van der Waals surface area (Å²) in [6.07, 6.45) is -0.332. The molecule has 0 spiro atoms. The van der Waals surface area contributed by atoms with Gasteiger partial charge in [0.25, 0.3) is 0 Å². The molecule has 21 heavy (non-hydrogen) atoms. The Kier molecular flexibility index (Phi) is 5.39. The minimum absolute atomic E-state index is 0.0212. The third-order valence-electron chi connectivity index (χ3n) is 2.60. The lowest BCUT2D eigenvalue weighted by molar-refractivity contribution is -0.140. The number of ether oxygens (including phenoxy) is 1. The summed E-state index contributed by atoms with van der Waals surface area (Å²) in [5.74, 6) is -2.92. The summed E-state index contributed by atoms with van der Waals surface area (Å²) in [6, 6.07) is 1.58. The van der Waals surface area contributed by atoms with Gasteiger partial charge < -0.3 is 9.84 Å². The lowest BCUT2D eigenvalue weighted by atomic mass is 10.1. The van der Waals surface area contributed by atoms with E-state index in [9.17, 15) is 22.4 Å². The second-order valence-corrected chi connectivity index (χ2v) is 5.90. The Labute approximate surface area is 120 Å². The molecule has 1 aromatic carbocycles. The number of halogens is 1. The van der Waals surface area contributed by atoms with E-state index in [0.29, 0.717) is 0 Å². The fourth-order valence-electron chi connectivity index (χ4n) is 1.42. The Balaban J connectivity index is 3.02. The molecule has 0 amide bonds. The van der Waals surface area contributed by atoms with Gasteiger partial charge in [-0.05, 0) is 24.6 Å². The summed E-state index contributed by atoms with van der Waals surface area (Å²) in [5.41, 5.74) is -0.0212. The van der Waals surface area contributed by atoms with Crippen molar-refractivity contribution >= 4 is 22.0 Å². The number of carboxylic acid groups (broad SMARTS) is 1. The van der Waals surface area contributed by atoms with Crippen LogP contribution in [0.5, 0.6) is 0 Å². The summed E-state index contributed by atoms with van der Waals surface area (Å²) >= 11 is 0. The highest BCUT2D eigenvalue weighted by molar-refractivity contribution is 7.89. The van der Waals surface area contributed by atoms with E-state index in [0.717, 1.165) is 32.2 Å². The van der Waals surface area contributed by atoms with Crippen LogP contribution in [0.3, 0.4) is 0 Å². The number of benzene rings is 1. The van der Waals surface area contributed by atoms with Crippen molar-refractivity contribution in [1.29, 1.82) is 0 Å². The maximum atomic E-state index is 13.8. The van der Waals surface area contributed by atoms with Gasteiger partial charge in [0, 0.05) is 0 Å². The number of carbonyl (C=O) groups excluding carboxylic acids is 1. The number of esters is 1. The van der Waals surface area contributed by atoms with Crippen LogP contribution in [0.1, 0.15) is 12.5 Å². The van der Waals surface area contributed by atoms with Gasteiger partial charge in [0.05, 0.1) is 18.4 Å². The molecule has 1 atom stereocenters. The van der Waals surface area contributed by atoms with Crippen LogP contribution in [0.25, 0.3) is 0 Å². The van der Waals surface area contributed by atoms with Crippen LogP contribution in [-0.4, -0.2) is 38.6 Å². The van der Waals surface area contributed by atoms with Crippen LogP contribution in [0.15, 0.2) is 23.1 Å². The molecule has 0 bridgehead atoms. The molecule has 0 saturated carbocycles. The summed E-state index contributed by atoms with van der Waals surface area (Å²) in [4.78, 5) is 21.3. The smallest absolute Gasteiger partial charge is 0.321 e. The molecule has 1 rings (SSSR count). The van der Waals surface area contributed by atoms with E-state index in [1.165, 1.54) is 0 Å². The summed E-state index contributed by atoms with van der Waals surface area (Å²) in [7, 11) is -3.02. The minimum atomic E-state index is -4.16. The lowest BCUT2D eigenvalue weighted by Crippen LogP contribution is -2.38. The van der Waals surface area contributed by atoms with E-state index >= 15 is 0 Å².